The van der Waals surface area contributed by atoms with Gasteiger partial charge in [-0.1, -0.05) is 12.1 Å². The van der Waals surface area contributed by atoms with Crippen molar-refractivity contribution in [2.45, 2.75) is 37.9 Å². The summed E-state index contributed by atoms with van der Waals surface area (Å²) in [6, 6.07) is 6.27. The number of carbonyl (C=O) groups excluding carboxylic acids is 1. The van der Waals surface area contributed by atoms with Gasteiger partial charge in [0.25, 0.3) is 5.91 Å². The molecule has 0 atom stereocenters. The Bertz CT molecular complexity index is 838. The van der Waals surface area contributed by atoms with Crippen LogP contribution in [-0.4, -0.2) is 50.9 Å². The molecule has 0 radical (unpaired) electrons. The molecule has 1 saturated heterocycles. The Balaban J connectivity index is 1.55. The van der Waals surface area contributed by atoms with E-state index >= 15 is 0 Å². The Hall–Kier alpha value is -2.84. The molecular formula is C19H20F3N3O3. The highest BCUT2D eigenvalue weighted by Gasteiger charge is 2.27. The van der Waals surface area contributed by atoms with Crippen molar-refractivity contribution in [3.05, 3.63) is 53.3 Å². The van der Waals surface area contributed by atoms with Crippen LogP contribution in [0.1, 0.15) is 51.6 Å². The van der Waals surface area contributed by atoms with E-state index in [4.69, 9.17) is 5.11 Å². The van der Waals surface area contributed by atoms with E-state index in [0.717, 1.165) is 0 Å². The van der Waals surface area contributed by atoms with Crippen molar-refractivity contribution in [1.82, 2.24) is 14.7 Å². The lowest BCUT2D eigenvalue weighted by Gasteiger charge is -2.32. The van der Waals surface area contributed by atoms with Gasteiger partial charge in [0.15, 0.2) is 0 Å². The third kappa shape index (κ3) is 4.90. The zero-order chi connectivity index (χ0) is 20.3. The highest BCUT2D eigenvalue weighted by atomic mass is 19.4. The molecule has 1 aliphatic heterocycles. The maximum Gasteiger partial charge on any atom is 0.389 e. The summed E-state index contributed by atoms with van der Waals surface area (Å²) in [5.41, 5.74) is 1.12. The van der Waals surface area contributed by atoms with Crippen LogP contribution in [0.2, 0.25) is 0 Å². The quantitative estimate of drug-likeness (QED) is 0.840. The van der Waals surface area contributed by atoms with Crippen molar-refractivity contribution < 1.29 is 27.9 Å². The second-order valence-corrected chi connectivity index (χ2v) is 6.85. The molecule has 1 amide bonds. The molecule has 0 unspecified atom stereocenters. The van der Waals surface area contributed by atoms with Gasteiger partial charge >= 0.3 is 12.1 Å². The smallest absolute Gasteiger partial charge is 0.389 e. The molecule has 150 valence electrons. The number of aryl methyl sites for hydroxylation is 1. The van der Waals surface area contributed by atoms with Crippen molar-refractivity contribution in [3.63, 3.8) is 0 Å². The first-order chi connectivity index (χ1) is 13.2. The number of benzene rings is 1. The van der Waals surface area contributed by atoms with Gasteiger partial charge in [-0.15, -0.1) is 0 Å². The molecule has 1 aliphatic rings. The van der Waals surface area contributed by atoms with Crippen molar-refractivity contribution in [3.8, 4) is 0 Å². The van der Waals surface area contributed by atoms with E-state index in [9.17, 15) is 22.8 Å². The number of piperidine rings is 1. The first-order valence-corrected chi connectivity index (χ1v) is 8.95. The van der Waals surface area contributed by atoms with Crippen molar-refractivity contribution in [2.75, 3.05) is 13.1 Å². The predicted octanol–water partition coefficient (Wildman–Crippen LogP) is 3.55. The number of nitrogens with zero attached hydrogens (tertiary/aromatic N) is 3. The topological polar surface area (TPSA) is 75.4 Å². The Morgan fingerprint density at radius 3 is 2.29 bits per heavy atom. The lowest BCUT2D eigenvalue weighted by molar-refractivity contribution is -0.134. The molecule has 0 spiro atoms. The number of amides is 1. The fourth-order valence-electron chi connectivity index (χ4n) is 3.26. The van der Waals surface area contributed by atoms with Crippen molar-refractivity contribution >= 4 is 11.9 Å². The molecule has 1 N–H and O–H groups in total. The highest BCUT2D eigenvalue weighted by Crippen LogP contribution is 2.24. The van der Waals surface area contributed by atoms with Gasteiger partial charge < -0.3 is 10.0 Å². The molecule has 0 bridgehead atoms. The van der Waals surface area contributed by atoms with Crippen LogP contribution in [0.3, 0.4) is 0 Å². The fraction of sp³-hybridized carbons (Fsp3) is 0.421. The minimum atomic E-state index is -4.20. The van der Waals surface area contributed by atoms with Crippen LogP contribution < -0.4 is 0 Å². The van der Waals surface area contributed by atoms with Gasteiger partial charge in [-0.2, -0.15) is 18.3 Å². The van der Waals surface area contributed by atoms with E-state index in [0.29, 0.717) is 37.1 Å². The molecule has 2 heterocycles. The van der Waals surface area contributed by atoms with Gasteiger partial charge in [0.1, 0.15) is 0 Å². The van der Waals surface area contributed by atoms with Crippen molar-refractivity contribution in [2.24, 2.45) is 0 Å². The zero-order valence-electron chi connectivity index (χ0n) is 15.0. The summed E-state index contributed by atoms with van der Waals surface area (Å²) in [5, 5.41) is 13.1. The van der Waals surface area contributed by atoms with E-state index < -0.39 is 18.6 Å². The Morgan fingerprint density at radius 2 is 1.75 bits per heavy atom. The summed E-state index contributed by atoms with van der Waals surface area (Å²) in [5.74, 6) is -1.19. The molecule has 3 rings (SSSR count). The third-order valence-electron chi connectivity index (χ3n) is 4.87. The molecule has 1 aromatic carbocycles. The standard InChI is InChI=1S/C19H20F3N3O3/c20-19(21,22)8-5-13-1-3-14(4-2-13)17(26)24-9-6-16(7-10-24)25-12-15(11-23-25)18(27)28/h1-4,11-12,16H,5-10H2,(H,27,28). The lowest BCUT2D eigenvalue weighted by Crippen LogP contribution is -2.39. The molecular weight excluding hydrogens is 375 g/mol. The number of halogens is 3. The van der Waals surface area contributed by atoms with Crippen LogP contribution in [0.15, 0.2) is 36.7 Å². The van der Waals surface area contributed by atoms with Crippen LogP contribution in [0.5, 0.6) is 0 Å². The number of hydrogen-bond donors (Lipinski definition) is 1. The largest absolute Gasteiger partial charge is 0.478 e. The van der Waals surface area contributed by atoms with Crippen LogP contribution in [0.4, 0.5) is 13.2 Å². The van der Waals surface area contributed by atoms with Gasteiger partial charge in [-0.25, -0.2) is 4.79 Å². The van der Waals surface area contributed by atoms with E-state index in [1.165, 1.54) is 12.4 Å². The normalized spacial score (nSPS) is 15.6. The summed E-state index contributed by atoms with van der Waals surface area (Å²) >= 11 is 0. The van der Waals surface area contributed by atoms with Gasteiger partial charge in [-0.3, -0.25) is 9.48 Å². The summed E-state index contributed by atoms with van der Waals surface area (Å²) in [6.45, 7) is 1.00. The minimum Gasteiger partial charge on any atom is -0.478 e. The summed E-state index contributed by atoms with van der Waals surface area (Å²) < 4.78 is 38.5. The number of rotatable bonds is 5. The van der Waals surface area contributed by atoms with Crippen LogP contribution in [-0.2, 0) is 6.42 Å². The molecule has 1 fully saturated rings. The third-order valence-corrected chi connectivity index (χ3v) is 4.87. The van der Waals surface area contributed by atoms with Crippen LogP contribution >= 0.6 is 0 Å². The fourth-order valence-corrected chi connectivity index (χ4v) is 3.26. The molecule has 0 saturated carbocycles. The number of alkyl halides is 3. The minimum absolute atomic E-state index is 0.0295. The van der Waals surface area contributed by atoms with Crippen molar-refractivity contribution in [1.29, 1.82) is 0 Å². The van der Waals surface area contributed by atoms with E-state index in [2.05, 4.69) is 5.10 Å². The van der Waals surface area contributed by atoms with E-state index in [1.54, 1.807) is 33.8 Å². The van der Waals surface area contributed by atoms with E-state index in [-0.39, 0.29) is 23.9 Å². The van der Waals surface area contributed by atoms with Crippen LogP contribution in [0.25, 0.3) is 0 Å². The van der Waals surface area contributed by atoms with Gasteiger partial charge in [-0.05, 0) is 37.0 Å². The Morgan fingerprint density at radius 1 is 1.11 bits per heavy atom. The van der Waals surface area contributed by atoms with Gasteiger partial charge in [0, 0.05) is 31.3 Å². The number of aromatic carboxylic acids is 1. The summed E-state index contributed by atoms with van der Waals surface area (Å²) in [4.78, 5) is 25.3. The monoisotopic (exact) mass is 395 g/mol. The summed E-state index contributed by atoms with van der Waals surface area (Å²) in [7, 11) is 0. The number of carbonyl (C=O) groups is 2. The first-order valence-electron chi connectivity index (χ1n) is 8.95. The van der Waals surface area contributed by atoms with Crippen LogP contribution in [0, 0.1) is 0 Å². The maximum atomic E-state index is 12.6. The molecule has 6 nitrogen and oxygen atoms in total. The molecule has 9 heteroatoms. The second kappa shape index (κ2) is 8.04. The average molecular weight is 395 g/mol. The molecule has 1 aromatic heterocycles. The predicted molar refractivity (Wildman–Crippen MR) is 94.2 cm³/mol. The Labute approximate surface area is 159 Å². The lowest BCUT2D eigenvalue weighted by atomic mass is 10.0. The van der Waals surface area contributed by atoms with E-state index in [1.807, 2.05) is 0 Å². The SMILES string of the molecule is O=C(O)c1cnn(C2CCN(C(=O)c3ccc(CCC(F)(F)F)cc3)CC2)c1. The Kier molecular flexibility index (Phi) is 5.71. The first kappa shape index (κ1) is 19.9. The molecule has 28 heavy (non-hydrogen) atoms. The van der Waals surface area contributed by atoms with Gasteiger partial charge in [0.05, 0.1) is 17.8 Å². The number of carboxylic acids is 1. The molecule has 2 aromatic rings. The second-order valence-electron chi connectivity index (χ2n) is 6.85. The summed E-state index contributed by atoms with van der Waals surface area (Å²) in [6.07, 6.45) is -1.09. The highest BCUT2D eigenvalue weighted by molar-refractivity contribution is 5.94. The maximum absolute atomic E-state index is 12.6. The van der Waals surface area contributed by atoms with Gasteiger partial charge in [0.2, 0.25) is 0 Å². The molecule has 0 aliphatic carbocycles. The number of hydrogen-bond acceptors (Lipinski definition) is 3. The average Bonchev–Trinajstić information content (AvgIpc) is 3.16. The zero-order valence-corrected chi connectivity index (χ0v) is 15.0. The number of carboxylic acid groups (broad SMARTS) is 1. The number of aromatic nitrogens is 2. The number of likely N-dealkylation sites (tertiary alicyclic amines) is 1.